The van der Waals surface area contributed by atoms with Gasteiger partial charge in [0.15, 0.2) is 0 Å². The molecule has 2 N–H and O–H groups in total. The number of aliphatic hydroxyl groups is 1. The van der Waals surface area contributed by atoms with Gasteiger partial charge in [-0.15, -0.1) is 0 Å². The molecule has 4 heteroatoms. The van der Waals surface area contributed by atoms with Gasteiger partial charge in [0.2, 0.25) is 0 Å². The minimum atomic E-state index is 0.0626. The molecule has 0 spiro atoms. The normalized spacial score (nSPS) is 12.8. The van der Waals surface area contributed by atoms with Gasteiger partial charge in [0.25, 0.3) is 0 Å². The molecule has 0 aliphatic carbocycles. The van der Waals surface area contributed by atoms with Crippen molar-refractivity contribution >= 4 is 0 Å². The Morgan fingerprint density at radius 2 is 1.95 bits per heavy atom. The topological polar surface area (TPSA) is 50.1 Å². The van der Waals surface area contributed by atoms with Crippen LogP contribution < -0.4 is 5.32 Å². The Morgan fingerprint density at radius 3 is 2.57 bits per heavy atom. The molecule has 4 nitrogen and oxygen atoms in total. The summed E-state index contributed by atoms with van der Waals surface area (Å²) in [7, 11) is 1.95. The van der Waals surface area contributed by atoms with E-state index in [0.717, 1.165) is 18.7 Å². The Balaban J connectivity index is 1.97. The van der Waals surface area contributed by atoms with E-state index in [4.69, 9.17) is 0 Å². The number of nitrogens with zero attached hydrogens (tertiary/aromatic N) is 2. The molecule has 0 saturated carbocycles. The standard InChI is InChI=1S/C17H25N3O/c1-13(2)17-15(11-20(3)19-17)10-18-16(12-21)9-14-7-5-4-6-8-14/h4-8,11,13,16,18,21H,9-10,12H2,1-3H3/t16-/m1/s1. The molecule has 2 aromatic rings. The van der Waals surface area contributed by atoms with Crippen molar-refractivity contribution in [2.45, 2.75) is 38.8 Å². The van der Waals surface area contributed by atoms with Gasteiger partial charge in [0, 0.05) is 31.4 Å². The molecule has 0 amide bonds. The van der Waals surface area contributed by atoms with Gasteiger partial charge in [0.05, 0.1) is 12.3 Å². The molecule has 1 aromatic heterocycles. The fourth-order valence-corrected chi connectivity index (χ4v) is 2.53. The van der Waals surface area contributed by atoms with E-state index in [9.17, 15) is 5.11 Å². The van der Waals surface area contributed by atoms with E-state index in [0.29, 0.717) is 5.92 Å². The summed E-state index contributed by atoms with van der Waals surface area (Å²) in [4.78, 5) is 0. The van der Waals surface area contributed by atoms with E-state index in [2.05, 4.69) is 42.6 Å². The lowest BCUT2D eigenvalue weighted by molar-refractivity contribution is 0.240. The Kier molecular flexibility index (Phi) is 5.53. The molecule has 1 aromatic carbocycles. The lowest BCUT2D eigenvalue weighted by Crippen LogP contribution is -2.34. The van der Waals surface area contributed by atoms with Gasteiger partial charge in [-0.1, -0.05) is 44.2 Å². The third-order valence-electron chi connectivity index (χ3n) is 3.61. The first-order chi connectivity index (χ1) is 10.1. The number of rotatable bonds is 7. The predicted molar refractivity (Wildman–Crippen MR) is 85.2 cm³/mol. The first-order valence-electron chi connectivity index (χ1n) is 7.50. The summed E-state index contributed by atoms with van der Waals surface area (Å²) in [5.41, 5.74) is 3.57. The molecule has 0 aliphatic heterocycles. The third kappa shape index (κ3) is 4.41. The van der Waals surface area contributed by atoms with Crippen molar-refractivity contribution in [1.29, 1.82) is 0 Å². The monoisotopic (exact) mass is 287 g/mol. The zero-order valence-corrected chi connectivity index (χ0v) is 13.1. The second kappa shape index (κ2) is 7.38. The van der Waals surface area contributed by atoms with Crippen LogP contribution >= 0.6 is 0 Å². The number of aryl methyl sites for hydroxylation is 1. The molecule has 1 heterocycles. The Labute approximate surface area is 126 Å². The highest BCUT2D eigenvalue weighted by atomic mass is 16.3. The zero-order valence-electron chi connectivity index (χ0n) is 13.1. The van der Waals surface area contributed by atoms with Crippen molar-refractivity contribution in [1.82, 2.24) is 15.1 Å². The fraction of sp³-hybridized carbons (Fsp3) is 0.471. The van der Waals surface area contributed by atoms with E-state index >= 15 is 0 Å². The van der Waals surface area contributed by atoms with Gasteiger partial charge < -0.3 is 10.4 Å². The number of benzene rings is 1. The van der Waals surface area contributed by atoms with Crippen LogP contribution in [0.1, 0.15) is 36.6 Å². The number of nitrogens with one attached hydrogen (secondary N) is 1. The summed E-state index contributed by atoms with van der Waals surface area (Å²) in [5.74, 6) is 0.407. The molecule has 2 rings (SSSR count). The minimum Gasteiger partial charge on any atom is -0.395 e. The number of hydrogen-bond acceptors (Lipinski definition) is 3. The van der Waals surface area contributed by atoms with Crippen molar-refractivity contribution in [2.24, 2.45) is 7.05 Å². The molecule has 21 heavy (non-hydrogen) atoms. The Hall–Kier alpha value is -1.65. The fourth-order valence-electron chi connectivity index (χ4n) is 2.53. The SMILES string of the molecule is CC(C)c1nn(C)cc1CN[C@@H](CO)Cc1ccccc1. The summed E-state index contributed by atoms with van der Waals surface area (Å²) in [6, 6.07) is 10.3. The highest BCUT2D eigenvalue weighted by Crippen LogP contribution is 2.17. The molecule has 0 saturated heterocycles. The lowest BCUT2D eigenvalue weighted by atomic mass is 10.0. The van der Waals surface area contributed by atoms with Crippen LogP contribution in [0.3, 0.4) is 0 Å². The summed E-state index contributed by atoms with van der Waals surface area (Å²) in [5, 5.41) is 17.5. The molecule has 114 valence electrons. The quantitative estimate of drug-likeness (QED) is 0.821. The third-order valence-corrected chi connectivity index (χ3v) is 3.61. The second-order valence-corrected chi connectivity index (χ2v) is 5.82. The molecule has 0 bridgehead atoms. The molecule has 0 aliphatic rings. The average Bonchev–Trinajstić information content (AvgIpc) is 2.86. The molecule has 1 atom stereocenters. The number of aliphatic hydroxyl groups excluding tert-OH is 1. The van der Waals surface area contributed by atoms with Crippen LogP contribution in [0.15, 0.2) is 36.5 Å². The van der Waals surface area contributed by atoms with Crippen LogP contribution in [0.5, 0.6) is 0 Å². The highest BCUT2D eigenvalue weighted by Gasteiger charge is 2.13. The Morgan fingerprint density at radius 1 is 1.24 bits per heavy atom. The van der Waals surface area contributed by atoms with Crippen molar-refractivity contribution in [3.8, 4) is 0 Å². The van der Waals surface area contributed by atoms with E-state index in [1.165, 1.54) is 11.1 Å². The van der Waals surface area contributed by atoms with Gasteiger partial charge in [0.1, 0.15) is 0 Å². The van der Waals surface area contributed by atoms with Crippen LogP contribution in [0.4, 0.5) is 0 Å². The molecule has 0 fully saturated rings. The van der Waals surface area contributed by atoms with Gasteiger partial charge in [-0.2, -0.15) is 5.10 Å². The summed E-state index contributed by atoms with van der Waals surface area (Å²) >= 11 is 0. The smallest absolute Gasteiger partial charge is 0.0694 e. The first kappa shape index (κ1) is 15.7. The summed E-state index contributed by atoms with van der Waals surface area (Å²) in [6.45, 7) is 5.17. The second-order valence-electron chi connectivity index (χ2n) is 5.82. The maximum Gasteiger partial charge on any atom is 0.0694 e. The lowest BCUT2D eigenvalue weighted by Gasteiger charge is -2.16. The summed E-state index contributed by atoms with van der Waals surface area (Å²) < 4.78 is 1.86. The van der Waals surface area contributed by atoms with Crippen LogP contribution in [0.25, 0.3) is 0 Å². The van der Waals surface area contributed by atoms with Gasteiger partial charge in [-0.25, -0.2) is 0 Å². The van der Waals surface area contributed by atoms with Crippen molar-refractivity contribution in [3.63, 3.8) is 0 Å². The van der Waals surface area contributed by atoms with E-state index in [1.54, 1.807) is 0 Å². The molecular formula is C17H25N3O. The van der Waals surface area contributed by atoms with E-state index in [-0.39, 0.29) is 12.6 Å². The average molecular weight is 287 g/mol. The van der Waals surface area contributed by atoms with E-state index in [1.807, 2.05) is 29.9 Å². The maximum atomic E-state index is 9.57. The van der Waals surface area contributed by atoms with Crippen molar-refractivity contribution < 1.29 is 5.11 Å². The van der Waals surface area contributed by atoms with Gasteiger partial charge >= 0.3 is 0 Å². The van der Waals surface area contributed by atoms with Crippen LogP contribution in [0, 0.1) is 0 Å². The van der Waals surface area contributed by atoms with Crippen molar-refractivity contribution in [3.05, 3.63) is 53.3 Å². The highest BCUT2D eigenvalue weighted by molar-refractivity contribution is 5.20. The van der Waals surface area contributed by atoms with Gasteiger partial charge in [-0.05, 0) is 17.9 Å². The van der Waals surface area contributed by atoms with Crippen LogP contribution in [-0.4, -0.2) is 27.5 Å². The summed E-state index contributed by atoms with van der Waals surface area (Å²) in [6.07, 6.45) is 2.88. The molecular weight excluding hydrogens is 262 g/mol. The zero-order chi connectivity index (χ0) is 15.2. The maximum absolute atomic E-state index is 9.57. The number of hydrogen-bond donors (Lipinski definition) is 2. The predicted octanol–water partition coefficient (Wildman–Crippen LogP) is 2.24. The first-order valence-corrected chi connectivity index (χ1v) is 7.50. The van der Waals surface area contributed by atoms with Crippen LogP contribution in [0.2, 0.25) is 0 Å². The van der Waals surface area contributed by atoms with Crippen molar-refractivity contribution in [2.75, 3.05) is 6.61 Å². The molecule has 0 unspecified atom stereocenters. The van der Waals surface area contributed by atoms with Gasteiger partial charge in [-0.3, -0.25) is 4.68 Å². The van der Waals surface area contributed by atoms with Crippen LogP contribution in [-0.2, 0) is 20.0 Å². The molecule has 0 radical (unpaired) electrons. The Bertz CT molecular complexity index is 548. The number of aromatic nitrogens is 2. The minimum absolute atomic E-state index is 0.0626. The largest absolute Gasteiger partial charge is 0.395 e. The van der Waals surface area contributed by atoms with E-state index < -0.39 is 0 Å².